The second-order valence-corrected chi connectivity index (χ2v) is 11.3. The van der Waals surface area contributed by atoms with Gasteiger partial charge in [-0.05, 0) is 84.0 Å². The number of pyridine rings is 1. The third-order valence-electron chi connectivity index (χ3n) is 7.83. The molecule has 2 aliphatic rings. The monoisotopic (exact) mass is 457 g/mol. The lowest BCUT2D eigenvalue weighted by Crippen LogP contribution is -2.51. The number of hydrogen-bond donors (Lipinski definition) is 1. The summed E-state index contributed by atoms with van der Waals surface area (Å²) < 4.78 is 6.41. The smallest absolute Gasteiger partial charge is 0.120 e. The number of hydrogen-bond acceptors (Lipinski definition) is 4. The van der Waals surface area contributed by atoms with E-state index in [-0.39, 0.29) is 0 Å². The zero-order chi connectivity index (χ0) is 23.5. The molecule has 1 aromatic heterocycles. The van der Waals surface area contributed by atoms with Crippen molar-refractivity contribution >= 4 is 16.5 Å². The number of piperazine rings is 1. The van der Waals surface area contributed by atoms with E-state index in [0.717, 1.165) is 37.7 Å². The molecule has 4 nitrogen and oxygen atoms in total. The Hall–Kier alpha value is -2.59. The van der Waals surface area contributed by atoms with Crippen molar-refractivity contribution < 1.29 is 4.74 Å². The highest BCUT2D eigenvalue weighted by Gasteiger charge is 2.30. The summed E-state index contributed by atoms with van der Waals surface area (Å²) in [5.41, 5.74) is 3.01. The highest BCUT2D eigenvalue weighted by molar-refractivity contribution is 5.84. The fourth-order valence-corrected chi connectivity index (χ4v) is 5.73. The number of nitrogens with one attached hydrogen (secondary N) is 1. The van der Waals surface area contributed by atoms with Crippen molar-refractivity contribution in [2.45, 2.75) is 65.0 Å². The van der Waals surface area contributed by atoms with Crippen molar-refractivity contribution in [2.75, 3.05) is 24.5 Å². The summed E-state index contributed by atoms with van der Waals surface area (Å²) in [6.45, 7) is 10.2. The molecule has 0 bridgehead atoms. The van der Waals surface area contributed by atoms with Crippen molar-refractivity contribution in [3.63, 3.8) is 0 Å². The van der Waals surface area contributed by atoms with Crippen molar-refractivity contribution in [2.24, 2.45) is 11.3 Å². The SMILES string of the molecule is CC(C)(C)C1CCC(Oc2ccc3cc(CC4CN(c5cccnc5)CCN4)ccc3c2)CC1. The Morgan fingerprint density at radius 2 is 1.79 bits per heavy atom. The van der Waals surface area contributed by atoms with Gasteiger partial charge in [0.25, 0.3) is 0 Å². The van der Waals surface area contributed by atoms with Crippen LogP contribution in [0.1, 0.15) is 52.0 Å². The first-order valence-corrected chi connectivity index (χ1v) is 13.0. The summed E-state index contributed by atoms with van der Waals surface area (Å²) in [7, 11) is 0. The number of nitrogens with zero attached hydrogens (tertiary/aromatic N) is 2. The molecule has 2 aromatic carbocycles. The van der Waals surface area contributed by atoms with Crippen LogP contribution in [0.5, 0.6) is 5.75 Å². The fraction of sp³-hybridized carbons (Fsp3) is 0.500. The van der Waals surface area contributed by atoms with Gasteiger partial charge in [-0.2, -0.15) is 0 Å². The van der Waals surface area contributed by atoms with Gasteiger partial charge < -0.3 is 15.0 Å². The molecule has 0 spiro atoms. The maximum Gasteiger partial charge on any atom is 0.120 e. The van der Waals surface area contributed by atoms with Crippen LogP contribution in [0.15, 0.2) is 60.9 Å². The molecule has 4 heteroatoms. The molecule has 0 radical (unpaired) electrons. The average Bonchev–Trinajstić information content (AvgIpc) is 2.85. The van der Waals surface area contributed by atoms with Gasteiger partial charge in [-0.15, -0.1) is 0 Å². The first-order chi connectivity index (χ1) is 16.4. The normalized spacial score (nSPS) is 23.7. The van der Waals surface area contributed by atoms with Crippen LogP contribution in [0.3, 0.4) is 0 Å². The van der Waals surface area contributed by atoms with E-state index in [4.69, 9.17) is 4.74 Å². The molecule has 180 valence electrons. The molecule has 2 fully saturated rings. The molecule has 1 saturated heterocycles. The van der Waals surface area contributed by atoms with Crippen molar-refractivity contribution in [1.82, 2.24) is 10.3 Å². The van der Waals surface area contributed by atoms with Crippen LogP contribution in [-0.4, -0.2) is 36.8 Å². The van der Waals surface area contributed by atoms with Gasteiger partial charge in [0.2, 0.25) is 0 Å². The molecule has 1 aliphatic heterocycles. The standard InChI is InChI=1S/C30H39N3O/c1-30(2,3)25-9-12-28(13-10-25)34-29-11-8-23-17-22(6-7-24(23)19-29)18-26-21-33(16-15-32-26)27-5-4-14-31-20-27/h4-8,11,14,17,19-20,25-26,28,32H,9-10,12-13,15-16,18,21H2,1-3H3. The molecule has 0 amide bonds. The van der Waals surface area contributed by atoms with E-state index in [1.165, 1.54) is 47.7 Å². The minimum atomic E-state index is 0.357. The maximum absolute atomic E-state index is 6.41. The summed E-state index contributed by atoms with van der Waals surface area (Å²) in [6, 6.07) is 18.1. The van der Waals surface area contributed by atoms with E-state index in [1.807, 2.05) is 18.5 Å². The Labute approximate surface area is 204 Å². The second-order valence-electron chi connectivity index (χ2n) is 11.3. The Balaban J connectivity index is 1.20. The molecule has 1 unspecified atom stereocenters. The third kappa shape index (κ3) is 5.55. The van der Waals surface area contributed by atoms with Gasteiger partial charge >= 0.3 is 0 Å². The molecule has 3 aromatic rings. The molecular formula is C30H39N3O. The summed E-state index contributed by atoms with van der Waals surface area (Å²) in [5, 5.41) is 6.26. The Morgan fingerprint density at radius 1 is 1.00 bits per heavy atom. The molecule has 2 heterocycles. The van der Waals surface area contributed by atoms with Gasteiger partial charge in [-0.3, -0.25) is 4.98 Å². The van der Waals surface area contributed by atoms with Crippen molar-refractivity contribution in [1.29, 1.82) is 0 Å². The fourth-order valence-electron chi connectivity index (χ4n) is 5.73. The van der Waals surface area contributed by atoms with Crippen LogP contribution < -0.4 is 15.0 Å². The number of fused-ring (bicyclic) bond motifs is 1. The van der Waals surface area contributed by atoms with E-state index in [1.54, 1.807) is 0 Å². The zero-order valence-electron chi connectivity index (χ0n) is 21.0. The molecule has 1 aliphatic carbocycles. The topological polar surface area (TPSA) is 37.4 Å². The van der Waals surface area contributed by atoms with E-state index in [0.29, 0.717) is 17.6 Å². The molecular weight excluding hydrogens is 418 g/mol. The van der Waals surface area contributed by atoms with Crippen LogP contribution in [-0.2, 0) is 6.42 Å². The van der Waals surface area contributed by atoms with Gasteiger partial charge in [0, 0.05) is 31.9 Å². The Bertz CT molecular complexity index is 1080. The number of ether oxygens (including phenoxy) is 1. The lowest BCUT2D eigenvalue weighted by molar-refractivity contribution is 0.0883. The largest absolute Gasteiger partial charge is 0.490 e. The summed E-state index contributed by atoms with van der Waals surface area (Å²) >= 11 is 0. The molecule has 1 saturated carbocycles. The van der Waals surface area contributed by atoms with Gasteiger partial charge in [-0.1, -0.05) is 45.0 Å². The molecule has 5 rings (SSSR count). The van der Waals surface area contributed by atoms with E-state index < -0.39 is 0 Å². The van der Waals surface area contributed by atoms with Crippen LogP contribution in [0.4, 0.5) is 5.69 Å². The zero-order valence-corrected chi connectivity index (χ0v) is 21.0. The summed E-state index contributed by atoms with van der Waals surface area (Å²) in [5.74, 6) is 1.83. The predicted octanol–water partition coefficient (Wildman–Crippen LogP) is 6.24. The van der Waals surface area contributed by atoms with E-state index >= 15 is 0 Å². The lowest BCUT2D eigenvalue weighted by Gasteiger charge is -2.37. The van der Waals surface area contributed by atoms with Crippen LogP contribution in [0.25, 0.3) is 10.8 Å². The maximum atomic E-state index is 6.41. The highest BCUT2D eigenvalue weighted by Crippen LogP contribution is 2.39. The van der Waals surface area contributed by atoms with Gasteiger partial charge in [0.15, 0.2) is 0 Å². The lowest BCUT2D eigenvalue weighted by atomic mass is 9.72. The van der Waals surface area contributed by atoms with Crippen LogP contribution in [0, 0.1) is 11.3 Å². The van der Waals surface area contributed by atoms with Gasteiger partial charge in [0.1, 0.15) is 5.75 Å². The minimum Gasteiger partial charge on any atom is -0.490 e. The summed E-state index contributed by atoms with van der Waals surface area (Å²) in [6.07, 6.45) is 10.1. The number of aromatic nitrogens is 1. The highest BCUT2D eigenvalue weighted by atomic mass is 16.5. The van der Waals surface area contributed by atoms with Crippen LogP contribution >= 0.6 is 0 Å². The van der Waals surface area contributed by atoms with Gasteiger partial charge in [0.05, 0.1) is 18.0 Å². The van der Waals surface area contributed by atoms with Crippen molar-refractivity contribution in [3.05, 3.63) is 66.5 Å². The van der Waals surface area contributed by atoms with Crippen LogP contribution in [0.2, 0.25) is 0 Å². The number of rotatable bonds is 5. The first kappa shape index (κ1) is 23.2. The molecule has 1 atom stereocenters. The molecule has 1 N–H and O–H groups in total. The van der Waals surface area contributed by atoms with Crippen molar-refractivity contribution in [3.8, 4) is 5.75 Å². The second kappa shape index (κ2) is 9.95. The number of benzene rings is 2. The number of anilines is 1. The average molecular weight is 458 g/mol. The van der Waals surface area contributed by atoms with E-state index in [2.05, 4.69) is 78.4 Å². The molecule has 34 heavy (non-hydrogen) atoms. The Morgan fingerprint density at radius 3 is 2.56 bits per heavy atom. The predicted molar refractivity (Wildman–Crippen MR) is 142 cm³/mol. The summed E-state index contributed by atoms with van der Waals surface area (Å²) in [4.78, 5) is 6.73. The quantitative estimate of drug-likeness (QED) is 0.492. The van der Waals surface area contributed by atoms with E-state index in [9.17, 15) is 0 Å². The first-order valence-electron chi connectivity index (χ1n) is 13.0. The van der Waals surface area contributed by atoms with Gasteiger partial charge in [-0.25, -0.2) is 0 Å². The Kier molecular flexibility index (Phi) is 6.78. The third-order valence-corrected chi connectivity index (χ3v) is 7.83. The minimum absolute atomic E-state index is 0.357.